The summed E-state index contributed by atoms with van der Waals surface area (Å²) >= 11 is 1.88. The first-order chi connectivity index (χ1) is 22.5. The molecule has 0 bridgehead atoms. The first-order valence-corrected chi connectivity index (χ1v) is 16.7. The topological polar surface area (TPSA) is 16.4 Å². The molecule has 0 unspecified atom stereocenters. The average molecular weight is 608 g/mol. The van der Waals surface area contributed by atoms with Crippen LogP contribution in [0.5, 0.6) is 0 Å². The molecule has 3 heteroatoms. The number of benzene rings is 7. The molecule has 0 fully saturated rings. The van der Waals surface area contributed by atoms with E-state index in [1.165, 1.54) is 58.9 Å². The van der Waals surface area contributed by atoms with Crippen molar-refractivity contribution < 1.29 is 4.42 Å². The summed E-state index contributed by atoms with van der Waals surface area (Å²) in [4.78, 5) is 2.45. The summed E-state index contributed by atoms with van der Waals surface area (Å²) in [6.45, 7) is 4.68. The summed E-state index contributed by atoms with van der Waals surface area (Å²) in [6, 6.07) is 51.0. The highest BCUT2D eigenvalue weighted by Crippen LogP contribution is 2.52. The molecule has 7 aromatic carbocycles. The molecule has 0 spiro atoms. The molecule has 2 heterocycles. The fraction of sp³-hybridized carbons (Fsp3) is 0.0698. The number of anilines is 3. The van der Waals surface area contributed by atoms with Crippen LogP contribution in [0.15, 0.2) is 144 Å². The quantitative estimate of drug-likeness (QED) is 0.199. The number of hydrogen-bond acceptors (Lipinski definition) is 3. The van der Waals surface area contributed by atoms with Gasteiger partial charge in [0.25, 0.3) is 0 Å². The predicted molar refractivity (Wildman–Crippen MR) is 196 cm³/mol. The van der Waals surface area contributed by atoms with Crippen LogP contribution in [0.2, 0.25) is 0 Å². The molecule has 2 aromatic heterocycles. The van der Waals surface area contributed by atoms with Gasteiger partial charge in [-0.15, -0.1) is 11.3 Å². The second-order valence-electron chi connectivity index (χ2n) is 13.0. The Balaban J connectivity index is 1.26. The standard InChI is InChI=1S/C43H29NOS/c1-43(2)36-15-7-5-12-30(36)33-24-28(18-20-37(33)43)44(29-19-21-40-34(25-29)31-13-6-8-17-39(31)45-40)38-16-9-14-32-35-22-26-10-3-4-11-27(26)23-41(35)46-42(32)38/h3-25H,1-2H3. The molecule has 0 saturated carbocycles. The van der Waals surface area contributed by atoms with E-state index < -0.39 is 0 Å². The SMILES string of the molecule is CC1(C)c2ccccc2-c2cc(N(c3ccc4oc5ccccc5c4c3)c3cccc4c3sc3cc5ccccc5cc34)ccc21. The van der Waals surface area contributed by atoms with Gasteiger partial charge < -0.3 is 9.32 Å². The molecular weight excluding hydrogens is 579 g/mol. The Morgan fingerprint density at radius 3 is 2.13 bits per heavy atom. The molecule has 0 amide bonds. The maximum atomic E-state index is 6.25. The van der Waals surface area contributed by atoms with E-state index in [-0.39, 0.29) is 5.41 Å². The maximum absolute atomic E-state index is 6.25. The zero-order valence-corrected chi connectivity index (χ0v) is 26.4. The third-order valence-electron chi connectivity index (χ3n) is 10.0. The molecule has 0 atom stereocenters. The minimum atomic E-state index is -0.0442. The van der Waals surface area contributed by atoms with Crippen LogP contribution in [0.1, 0.15) is 25.0 Å². The van der Waals surface area contributed by atoms with Crippen molar-refractivity contribution in [1.29, 1.82) is 0 Å². The molecular formula is C43H29NOS. The van der Waals surface area contributed by atoms with Crippen molar-refractivity contribution in [2.75, 3.05) is 4.90 Å². The molecule has 1 aliphatic rings. The van der Waals surface area contributed by atoms with Crippen LogP contribution in [0.4, 0.5) is 17.1 Å². The van der Waals surface area contributed by atoms with Crippen molar-refractivity contribution in [3.05, 3.63) is 151 Å². The first kappa shape index (κ1) is 25.9. The van der Waals surface area contributed by atoms with Crippen molar-refractivity contribution in [2.45, 2.75) is 19.3 Å². The van der Waals surface area contributed by atoms with Gasteiger partial charge in [-0.2, -0.15) is 0 Å². The van der Waals surface area contributed by atoms with Crippen LogP contribution in [0, 0.1) is 0 Å². The summed E-state index contributed by atoms with van der Waals surface area (Å²) < 4.78 is 8.84. The zero-order chi connectivity index (χ0) is 30.6. The van der Waals surface area contributed by atoms with E-state index in [4.69, 9.17) is 4.42 Å². The van der Waals surface area contributed by atoms with Gasteiger partial charge in [0.15, 0.2) is 0 Å². The number of nitrogens with zero attached hydrogens (tertiary/aromatic N) is 1. The highest BCUT2D eigenvalue weighted by molar-refractivity contribution is 7.26. The second-order valence-corrected chi connectivity index (χ2v) is 14.0. The number of fused-ring (bicyclic) bond motifs is 10. The van der Waals surface area contributed by atoms with E-state index >= 15 is 0 Å². The third kappa shape index (κ3) is 3.58. The van der Waals surface area contributed by atoms with E-state index in [2.05, 4.69) is 146 Å². The smallest absolute Gasteiger partial charge is 0.135 e. The van der Waals surface area contributed by atoms with Crippen molar-refractivity contribution in [2.24, 2.45) is 0 Å². The van der Waals surface area contributed by atoms with Gasteiger partial charge in [-0.3, -0.25) is 0 Å². The highest BCUT2D eigenvalue weighted by atomic mass is 32.1. The van der Waals surface area contributed by atoms with Gasteiger partial charge in [-0.1, -0.05) is 98.8 Å². The van der Waals surface area contributed by atoms with Gasteiger partial charge in [0.1, 0.15) is 11.2 Å². The Kier molecular flexibility index (Phi) is 5.25. The van der Waals surface area contributed by atoms with Gasteiger partial charge >= 0.3 is 0 Å². The molecule has 9 aromatic rings. The Hall–Kier alpha value is -5.38. The fourth-order valence-corrected chi connectivity index (χ4v) is 9.01. The van der Waals surface area contributed by atoms with E-state index in [1.807, 2.05) is 23.5 Å². The molecule has 10 rings (SSSR count). The molecule has 0 radical (unpaired) electrons. The zero-order valence-electron chi connectivity index (χ0n) is 25.5. The normalized spacial score (nSPS) is 13.6. The first-order valence-electron chi connectivity index (χ1n) is 15.8. The van der Waals surface area contributed by atoms with Gasteiger partial charge in [-0.25, -0.2) is 0 Å². The number of rotatable bonds is 3. The Morgan fingerprint density at radius 1 is 0.522 bits per heavy atom. The van der Waals surface area contributed by atoms with Gasteiger partial charge in [0, 0.05) is 43.0 Å². The van der Waals surface area contributed by atoms with Crippen LogP contribution in [-0.2, 0) is 5.41 Å². The van der Waals surface area contributed by atoms with Gasteiger partial charge in [0.2, 0.25) is 0 Å². The number of para-hydroxylation sites is 1. The van der Waals surface area contributed by atoms with E-state index in [9.17, 15) is 0 Å². The average Bonchev–Trinajstić information content (AvgIpc) is 3.72. The van der Waals surface area contributed by atoms with Crippen LogP contribution in [0.25, 0.3) is 64.0 Å². The van der Waals surface area contributed by atoms with E-state index in [0.717, 1.165) is 33.3 Å². The highest BCUT2D eigenvalue weighted by Gasteiger charge is 2.35. The number of hydrogen-bond donors (Lipinski definition) is 0. The molecule has 218 valence electrons. The lowest BCUT2D eigenvalue weighted by Crippen LogP contribution is -2.15. The lowest BCUT2D eigenvalue weighted by atomic mass is 9.82. The summed E-state index contributed by atoms with van der Waals surface area (Å²) in [6.07, 6.45) is 0. The fourth-order valence-electron chi connectivity index (χ4n) is 7.77. The van der Waals surface area contributed by atoms with Crippen LogP contribution in [0.3, 0.4) is 0 Å². The predicted octanol–water partition coefficient (Wildman–Crippen LogP) is 12.9. The number of furan rings is 1. The minimum Gasteiger partial charge on any atom is -0.456 e. The monoisotopic (exact) mass is 607 g/mol. The molecule has 1 aliphatic carbocycles. The van der Waals surface area contributed by atoms with Crippen LogP contribution in [-0.4, -0.2) is 0 Å². The minimum absolute atomic E-state index is 0.0442. The van der Waals surface area contributed by atoms with Crippen LogP contribution < -0.4 is 4.90 Å². The van der Waals surface area contributed by atoms with Gasteiger partial charge in [0.05, 0.1) is 10.4 Å². The molecule has 0 saturated heterocycles. The Morgan fingerprint density at radius 2 is 1.22 bits per heavy atom. The number of thiophene rings is 1. The van der Waals surface area contributed by atoms with Crippen molar-refractivity contribution in [1.82, 2.24) is 0 Å². The third-order valence-corrected chi connectivity index (χ3v) is 11.2. The molecule has 46 heavy (non-hydrogen) atoms. The van der Waals surface area contributed by atoms with Gasteiger partial charge in [-0.05, 0) is 87.6 Å². The largest absolute Gasteiger partial charge is 0.456 e. The molecule has 0 N–H and O–H groups in total. The van der Waals surface area contributed by atoms with Crippen molar-refractivity contribution in [3.63, 3.8) is 0 Å². The summed E-state index contributed by atoms with van der Waals surface area (Å²) in [5.41, 5.74) is 10.6. The molecule has 2 nitrogen and oxygen atoms in total. The lowest BCUT2D eigenvalue weighted by molar-refractivity contribution is 0.660. The van der Waals surface area contributed by atoms with Crippen molar-refractivity contribution in [3.8, 4) is 11.1 Å². The Labute approximate surface area is 270 Å². The summed E-state index contributed by atoms with van der Waals surface area (Å²) in [5.74, 6) is 0. The molecule has 0 aliphatic heterocycles. The summed E-state index contributed by atoms with van der Waals surface area (Å²) in [7, 11) is 0. The second kappa shape index (κ2) is 9.32. The van der Waals surface area contributed by atoms with Crippen molar-refractivity contribution >= 4 is 81.3 Å². The maximum Gasteiger partial charge on any atom is 0.135 e. The lowest BCUT2D eigenvalue weighted by Gasteiger charge is -2.27. The Bertz CT molecular complexity index is 2690. The van der Waals surface area contributed by atoms with E-state index in [0.29, 0.717) is 0 Å². The summed E-state index contributed by atoms with van der Waals surface area (Å²) in [5, 5.41) is 7.40. The van der Waals surface area contributed by atoms with Crippen LogP contribution >= 0.6 is 11.3 Å². The van der Waals surface area contributed by atoms with E-state index in [1.54, 1.807) is 0 Å².